The number of nitrogens with zero attached hydrogens (tertiary/aromatic N) is 1. The van der Waals surface area contributed by atoms with E-state index in [1.54, 1.807) is 0 Å². The molecule has 0 saturated carbocycles. The Labute approximate surface area is 94.5 Å². The topological polar surface area (TPSA) is 53.1 Å². The summed E-state index contributed by atoms with van der Waals surface area (Å²) < 4.78 is 0. The molecule has 0 aromatic carbocycles. The fourth-order valence-corrected chi connectivity index (χ4v) is 1.95. The fourth-order valence-electron chi connectivity index (χ4n) is 1.95. The van der Waals surface area contributed by atoms with E-state index in [1.807, 2.05) is 0 Å². The van der Waals surface area contributed by atoms with Crippen molar-refractivity contribution < 1.29 is 0 Å². The van der Waals surface area contributed by atoms with E-state index in [2.05, 4.69) is 32.6 Å². The Hall–Kier alpha value is -0.570. The van der Waals surface area contributed by atoms with Crippen molar-refractivity contribution in [2.75, 3.05) is 13.1 Å². The minimum absolute atomic E-state index is 0.297. The third kappa shape index (κ3) is 5.78. The van der Waals surface area contributed by atoms with Crippen LogP contribution in [-0.4, -0.2) is 29.9 Å². The van der Waals surface area contributed by atoms with E-state index in [-0.39, 0.29) is 0 Å². The average Bonchev–Trinajstić information content (AvgIpc) is 2.18. The molecule has 90 valence electrons. The fraction of sp³-hybridized carbons (Fsp3) is 0.917. The highest BCUT2D eigenvalue weighted by atomic mass is 15.1. The maximum Gasteiger partial charge on any atom is 0.0920 e. The third-order valence-corrected chi connectivity index (χ3v) is 3.19. The van der Waals surface area contributed by atoms with Gasteiger partial charge in [-0.1, -0.05) is 33.6 Å². The zero-order chi connectivity index (χ0) is 11.8. The van der Waals surface area contributed by atoms with Crippen LogP contribution in [0.25, 0.3) is 0 Å². The summed E-state index contributed by atoms with van der Waals surface area (Å²) >= 11 is 0. The van der Waals surface area contributed by atoms with Gasteiger partial charge in [-0.3, -0.25) is 5.41 Å². The summed E-state index contributed by atoms with van der Waals surface area (Å²) in [6.45, 7) is 11.0. The average molecular weight is 213 g/mol. The summed E-state index contributed by atoms with van der Waals surface area (Å²) in [6.07, 6.45) is 3.16. The van der Waals surface area contributed by atoms with Gasteiger partial charge in [0, 0.05) is 19.0 Å². The minimum atomic E-state index is 0.297. The van der Waals surface area contributed by atoms with Gasteiger partial charge in [0.2, 0.25) is 0 Å². The van der Waals surface area contributed by atoms with Crippen LogP contribution in [0.1, 0.15) is 47.0 Å². The number of nitrogens with two attached hydrogens (primary N) is 1. The third-order valence-electron chi connectivity index (χ3n) is 3.19. The van der Waals surface area contributed by atoms with Gasteiger partial charge in [-0.05, 0) is 19.4 Å². The van der Waals surface area contributed by atoms with E-state index in [1.165, 1.54) is 12.8 Å². The van der Waals surface area contributed by atoms with Crippen molar-refractivity contribution in [3.8, 4) is 0 Å². The molecule has 0 aliphatic heterocycles. The SMILES string of the molecule is CCC(CC)CN(CC)C(C)CC(=N)N. The van der Waals surface area contributed by atoms with E-state index in [4.69, 9.17) is 11.1 Å². The standard InChI is InChI=1S/C12H27N3/c1-5-11(6-2)9-15(7-3)10(4)8-12(13)14/h10-11H,5-9H2,1-4H3,(H3,13,14). The molecule has 0 aliphatic carbocycles. The van der Waals surface area contributed by atoms with Crippen molar-refractivity contribution in [2.24, 2.45) is 11.7 Å². The molecular formula is C12H27N3. The van der Waals surface area contributed by atoms with Gasteiger partial charge in [0.1, 0.15) is 0 Å². The first-order valence-electron chi connectivity index (χ1n) is 6.11. The number of rotatable bonds is 8. The van der Waals surface area contributed by atoms with Crippen LogP contribution in [0, 0.1) is 11.3 Å². The van der Waals surface area contributed by atoms with Crippen molar-refractivity contribution in [1.29, 1.82) is 5.41 Å². The summed E-state index contributed by atoms with van der Waals surface area (Å²) in [4.78, 5) is 2.43. The lowest BCUT2D eigenvalue weighted by molar-refractivity contribution is 0.184. The zero-order valence-electron chi connectivity index (χ0n) is 10.7. The quantitative estimate of drug-likeness (QED) is 0.481. The van der Waals surface area contributed by atoms with E-state index < -0.39 is 0 Å². The molecule has 3 nitrogen and oxygen atoms in total. The Morgan fingerprint density at radius 2 is 1.80 bits per heavy atom. The summed E-state index contributed by atoms with van der Waals surface area (Å²) in [6, 6.07) is 0.396. The van der Waals surface area contributed by atoms with Crippen LogP contribution in [-0.2, 0) is 0 Å². The van der Waals surface area contributed by atoms with E-state index >= 15 is 0 Å². The number of hydrogen-bond acceptors (Lipinski definition) is 2. The Balaban J connectivity index is 4.15. The van der Waals surface area contributed by atoms with Gasteiger partial charge in [0.25, 0.3) is 0 Å². The second-order valence-electron chi connectivity index (χ2n) is 4.35. The summed E-state index contributed by atoms with van der Waals surface area (Å²) in [7, 11) is 0. The van der Waals surface area contributed by atoms with Gasteiger partial charge in [-0.2, -0.15) is 0 Å². The molecule has 0 fully saturated rings. The monoisotopic (exact) mass is 213 g/mol. The van der Waals surface area contributed by atoms with E-state index in [0.717, 1.165) is 19.0 Å². The van der Waals surface area contributed by atoms with Crippen molar-refractivity contribution in [2.45, 2.75) is 53.0 Å². The lowest BCUT2D eigenvalue weighted by Gasteiger charge is -2.30. The predicted octanol–water partition coefficient (Wildman–Crippen LogP) is 2.46. The highest BCUT2D eigenvalue weighted by molar-refractivity contribution is 5.77. The summed E-state index contributed by atoms with van der Waals surface area (Å²) in [5.41, 5.74) is 5.44. The van der Waals surface area contributed by atoms with Gasteiger partial charge >= 0.3 is 0 Å². The summed E-state index contributed by atoms with van der Waals surface area (Å²) in [5, 5.41) is 7.32. The Bertz CT molecular complexity index is 176. The van der Waals surface area contributed by atoms with Crippen LogP contribution in [0.3, 0.4) is 0 Å². The normalized spacial score (nSPS) is 13.5. The molecule has 0 radical (unpaired) electrons. The van der Waals surface area contributed by atoms with Crippen molar-refractivity contribution in [1.82, 2.24) is 4.90 Å². The molecule has 0 aromatic rings. The van der Waals surface area contributed by atoms with Gasteiger partial charge < -0.3 is 10.6 Å². The molecule has 0 aromatic heterocycles. The van der Waals surface area contributed by atoms with Crippen LogP contribution < -0.4 is 5.73 Å². The van der Waals surface area contributed by atoms with Crippen LogP contribution in [0.2, 0.25) is 0 Å². The molecule has 0 bridgehead atoms. The lowest BCUT2D eigenvalue weighted by atomic mass is 10.0. The first-order valence-corrected chi connectivity index (χ1v) is 6.11. The second kappa shape index (κ2) is 7.69. The molecule has 1 unspecified atom stereocenters. The number of nitrogens with one attached hydrogen (secondary N) is 1. The summed E-state index contributed by atoms with van der Waals surface area (Å²) in [5.74, 6) is 1.07. The molecular weight excluding hydrogens is 186 g/mol. The molecule has 0 amide bonds. The molecule has 0 saturated heterocycles. The van der Waals surface area contributed by atoms with Crippen LogP contribution in [0.5, 0.6) is 0 Å². The highest BCUT2D eigenvalue weighted by Crippen LogP contribution is 2.13. The first-order chi connectivity index (χ1) is 7.04. The molecule has 0 aliphatic rings. The Morgan fingerprint density at radius 3 is 2.13 bits per heavy atom. The zero-order valence-corrected chi connectivity index (χ0v) is 10.7. The van der Waals surface area contributed by atoms with Crippen molar-refractivity contribution in [3.63, 3.8) is 0 Å². The van der Waals surface area contributed by atoms with Crippen LogP contribution in [0.15, 0.2) is 0 Å². The van der Waals surface area contributed by atoms with E-state index in [0.29, 0.717) is 18.3 Å². The van der Waals surface area contributed by atoms with Crippen LogP contribution in [0.4, 0.5) is 0 Å². The van der Waals surface area contributed by atoms with Gasteiger partial charge in [-0.25, -0.2) is 0 Å². The van der Waals surface area contributed by atoms with Gasteiger partial charge in [0.05, 0.1) is 5.84 Å². The Kier molecular flexibility index (Phi) is 7.39. The van der Waals surface area contributed by atoms with E-state index in [9.17, 15) is 0 Å². The van der Waals surface area contributed by atoms with Crippen molar-refractivity contribution >= 4 is 5.84 Å². The molecule has 15 heavy (non-hydrogen) atoms. The second-order valence-corrected chi connectivity index (χ2v) is 4.35. The molecule has 1 atom stereocenters. The molecule has 0 heterocycles. The predicted molar refractivity (Wildman–Crippen MR) is 67.3 cm³/mol. The number of hydrogen-bond donors (Lipinski definition) is 2. The molecule has 3 N–H and O–H groups in total. The van der Waals surface area contributed by atoms with Crippen LogP contribution >= 0.6 is 0 Å². The molecule has 0 spiro atoms. The maximum atomic E-state index is 7.32. The smallest absolute Gasteiger partial charge is 0.0920 e. The van der Waals surface area contributed by atoms with Gasteiger partial charge in [0.15, 0.2) is 0 Å². The first kappa shape index (κ1) is 14.4. The molecule has 0 rings (SSSR count). The maximum absolute atomic E-state index is 7.32. The van der Waals surface area contributed by atoms with Crippen molar-refractivity contribution in [3.05, 3.63) is 0 Å². The van der Waals surface area contributed by atoms with Gasteiger partial charge in [-0.15, -0.1) is 0 Å². The largest absolute Gasteiger partial charge is 0.388 e. The molecule has 3 heteroatoms. The highest BCUT2D eigenvalue weighted by Gasteiger charge is 2.16. The minimum Gasteiger partial charge on any atom is -0.388 e. The Morgan fingerprint density at radius 1 is 1.27 bits per heavy atom. The lowest BCUT2D eigenvalue weighted by Crippen LogP contribution is -2.39. The number of amidine groups is 1.